The Labute approximate surface area is 115 Å². The Morgan fingerprint density at radius 2 is 2.21 bits per heavy atom. The van der Waals surface area contributed by atoms with Gasteiger partial charge in [-0.25, -0.2) is 0 Å². The molecule has 0 aliphatic rings. The lowest BCUT2D eigenvalue weighted by Crippen LogP contribution is -2.20. The van der Waals surface area contributed by atoms with Crippen LogP contribution in [-0.4, -0.2) is 11.5 Å². The van der Waals surface area contributed by atoms with Gasteiger partial charge < -0.3 is 5.32 Å². The van der Waals surface area contributed by atoms with E-state index >= 15 is 0 Å². The standard InChI is InChI=1S/C17H22N2/c1-4-18-16(9-7-13(2)3)15-8-10-17-14(12-15)6-5-11-19-17/h5-6,8,10-12,16,18H,2,4,7,9H2,1,3H3. The number of benzene rings is 1. The summed E-state index contributed by atoms with van der Waals surface area (Å²) in [7, 11) is 0. The summed E-state index contributed by atoms with van der Waals surface area (Å²) in [6.07, 6.45) is 3.99. The number of pyridine rings is 1. The highest BCUT2D eigenvalue weighted by Gasteiger charge is 2.10. The van der Waals surface area contributed by atoms with Crippen LogP contribution in [0.4, 0.5) is 0 Å². The van der Waals surface area contributed by atoms with E-state index in [1.54, 1.807) is 0 Å². The van der Waals surface area contributed by atoms with Crippen LogP contribution in [0.5, 0.6) is 0 Å². The third kappa shape index (κ3) is 3.65. The van der Waals surface area contributed by atoms with Crippen LogP contribution in [-0.2, 0) is 0 Å². The molecule has 0 spiro atoms. The molecule has 0 radical (unpaired) electrons. The molecule has 0 saturated carbocycles. The van der Waals surface area contributed by atoms with Crippen LogP contribution in [0.2, 0.25) is 0 Å². The first-order valence-electron chi connectivity index (χ1n) is 6.93. The second kappa shape index (κ2) is 6.48. The number of rotatable bonds is 6. The van der Waals surface area contributed by atoms with Gasteiger partial charge in [-0.1, -0.05) is 24.6 Å². The third-order valence-corrected chi connectivity index (χ3v) is 3.34. The minimum atomic E-state index is 0.395. The van der Waals surface area contributed by atoms with Gasteiger partial charge in [0.15, 0.2) is 0 Å². The highest BCUT2D eigenvalue weighted by molar-refractivity contribution is 5.79. The molecule has 0 bridgehead atoms. The zero-order valence-electron chi connectivity index (χ0n) is 11.8. The average Bonchev–Trinajstić information content (AvgIpc) is 2.42. The molecular formula is C17H22N2. The monoisotopic (exact) mass is 254 g/mol. The minimum absolute atomic E-state index is 0.395. The number of hydrogen-bond acceptors (Lipinski definition) is 2. The molecule has 1 aromatic carbocycles. The zero-order valence-corrected chi connectivity index (χ0v) is 11.8. The molecular weight excluding hydrogens is 232 g/mol. The van der Waals surface area contributed by atoms with E-state index in [1.165, 1.54) is 16.5 Å². The largest absolute Gasteiger partial charge is 0.310 e. The summed E-state index contributed by atoms with van der Waals surface area (Å²) in [6.45, 7) is 9.21. The predicted molar refractivity (Wildman–Crippen MR) is 82.2 cm³/mol. The summed E-state index contributed by atoms with van der Waals surface area (Å²) in [4.78, 5) is 4.37. The van der Waals surface area contributed by atoms with Crippen molar-refractivity contribution in [3.05, 3.63) is 54.2 Å². The third-order valence-electron chi connectivity index (χ3n) is 3.34. The first-order valence-corrected chi connectivity index (χ1v) is 6.93. The Balaban J connectivity index is 2.24. The van der Waals surface area contributed by atoms with Gasteiger partial charge in [-0.15, -0.1) is 6.58 Å². The van der Waals surface area contributed by atoms with Crippen molar-refractivity contribution in [1.82, 2.24) is 10.3 Å². The molecule has 1 unspecified atom stereocenters. The van der Waals surface area contributed by atoms with Crippen molar-refractivity contribution in [3.8, 4) is 0 Å². The van der Waals surface area contributed by atoms with E-state index in [0.29, 0.717) is 6.04 Å². The number of nitrogens with zero attached hydrogens (tertiary/aromatic N) is 1. The molecule has 2 nitrogen and oxygen atoms in total. The van der Waals surface area contributed by atoms with Crippen molar-refractivity contribution >= 4 is 10.9 Å². The highest BCUT2D eigenvalue weighted by Crippen LogP contribution is 2.23. The number of fused-ring (bicyclic) bond motifs is 1. The van der Waals surface area contributed by atoms with E-state index in [2.05, 4.69) is 55.0 Å². The smallest absolute Gasteiger partial charge is 0.0702 e. The van der Waals surface area contributed by atoms with Crippen LogP contribution >= 0.6 is 0 Å². The number of nitrogens with one attached hydrogen (secondary N) is 1. The van der Waals surface area contributed by atoms with Crippen LogP contribution in [0.25, 0.3) is 10.9 Å². The first-order chi connectivity index (χ1) is 9.20. The zero-order chi connectivity index (χ0) is 13.7. The van der Waals surface area contributed by atoms with Crippen molar-refractivity contribution in [2.75, 3.05) is 6.54 Å². The lowest BCUT2D eigenvalue weighted by atomic mass is 9.98. The first kappa shape index (κ1) is 13.8. The number of hydrogen-bond donors (Lipinski definition) is 1. The Morgan fingerprint density at radius 3 is 2.95 bits per heavy atom. The maximum Gasteiger partial charge on any atom is 0.0702 e. The topological polar surface area (TPSA) is 24.9 Å². The van der Waals surface area contributed by atoms with Gasteiger partial charge in [0.05, 0.1) is 5.52 Å². The van der Waals surface area contributed by atoms with E-state index in [1.807, 2.05) is 12.3 Å². The van der Waals surface area contributed by atoms with Gasteiger partial charge in [0.25, 0.3) is 0 Å². The average molecular weight is 254 g/mol. The Hall–Kier alpha value is -1.67. The lowest BCUT2D eigenvalue weighted by molar-refractivity contribution is 0.515. The fourth-order valence-corrected chi connectivity index (χ4v) is 2.33. The molecule has 2 aromatic rings. The van der Waals surface area contributed by atoms with Gasteiger partial charge >= 0.3 is 0 Å². The molecule has 1 N–H and O–H groups in total. The van der Waals surface area contributed by atoms with Gasteiger partial charge in [-0.2, -0.15) is 0 Å². The number of allylic oxidation sites excluding steroid dienone is 1. The second-order valence-electron chi connectivity index (χ2n) is 5.06. The summed E-state index contributed by atoms with van der Waals surface area (Å²) in [5.74, 6) is 0. The molecule has 0 aliphatic heterocycles. The lowest BCUT2D eigenvalue weighted by Gasteiger charge is -2.19. The van der Waals surface area contributed by atoms with Crippen LogP contribution in [0.15, 0.2) is 48.7 Å². The molecule has 0 aliphatic carbocycles. The summed E-state index contributed by atoms with van der Waals surface area (Å²) < 4.78 is 0. The summed E-state index contributed by atoms with van der Waals surface area (Å²) >= 11 is 0. The molecule has 0 amide bonds. The van der Waals surface area contributed by atoms with Gasteiger partial charge in [-0.3, -0.25) is 4.98 Å². The van der Waals surface area contributed by atoms with E-state index in [0.717, 1.165) is 24.9 Å². The Kier molecular flexibility index (Phi) is 4.69. The Morgan fingerprint density at radius 1 is 1.37 bits per heavy atom. The van der Waals surface area contributed by atoms with Gasteiger partial charge in [0, 0.05) is 17.6 Å². The normalized spacial score (nSPS) is 12.5. The molecule has 1 heterocycles. The fourth-order valence-electron chi connectivity index (χ4n) is 2.33. The van der Waals surface area contributed by atoms with Crippen molar-refractivity contribution in [1.29, 1.82) is 0 Å². The molecule has 0 fully saturated rings. The summed E-state index contributed by atoms with van der Waals surface area (Å²) in [5, 5.41) is 4.76. The van der Waals surface area contributed by atoms with Crippen LogP contribution in [0.1, 0.15) is 38.3 Å². The van der Waals surface area contributed by atoms with Crippen LogP contribution in [0, 0.1) is 0 Å². The summed E-state index contributed by atoms with van der Waals surface area (Å²) in [5.41, 5.74) is 3.63. The highest BCUT2D eigenvalue weighted by atomic mass is 14.9. The quantitative estimate of drug-likeness (QED) is 0.780. The molecule has 0 saturated heterocycles. The maximum atomic E-state index is 4.37. The van der Waals surface area contributed by atoms with Crippen molar-refractivity contribution in [3.63, 3.8) is 0 Å². The van der Waals surface area contributed by atoms with Crippen molar-refractivity contribution in [2.24, 2.45) is 0 Å². The Bertz CT molecular complexity index is 560. The van der Waals surface area contributed by atoms with Crippen LogP contribution in [0.3, 0.4) is 0 Å². The van der Waals surface area contributed by atoms with Crippen LogP contribution < -0.4 is 5.32 Å². The minimum Gasteiger partial charge on any atom is -0.310 e. The van der Waals surface area contributed by atoms with Gasteiger partial charge in [-0.05, 0) is 50.1 Å². The van der Waals surface area contributed by atoms with Gasteiger partial charge in [0.2, 0.25) is 0 Å². The maximum absolute atomic E-state index is 4.37. The predicted octanol–water partition coefficient (Wildman–Crippen LogP) is 4.24. The molecule has 100 valence electrons. The molecule has 2 rings (SSSR count). The van der Waals surface area contributed by atoms with E-state index in [4.69, 9.17) is 0 Å². The SMILES string of the molecule is C=C(C)CCC(NCC)c1ccc2ncccc2c1. The van der Waals surface area contributed by atoms with Crippen molar-refractivity contribution in [2.45, 2.75) is 32.7 Å². The second-order valence-corrected chi connectivity index (χ2v) is 5.06. The fraction of sp³-hybridized carbons (Fsp3) is 0.353. The van der Waals surface area contributed by atoms with E-state index in [-0.39, 0.29) is 0 Å². The molecule has 1 atom stereocenters. The van der Waals surface area contributed by atoms with Crippen molar-refractivity contribution < 1.29 is 0 Å². The van der Waals surface area contributed by atoms with E-state index < -0.39 is 0 Å². The molecule has 19 heavy (non-hydrogen) atoms. The number of aromatic nitrogens is 1. The summed E-state index contributed by atoms with van der Waals surface area (Å²) in [6, 6.07) is 11.0. The van der Waals surface area contributed by atoms with E-state index in [9.17, 15) is 0 Å². The molecule has 1 aromatic heterocycles. The molecule has 2 heteroatoms. The van der Waals surface area contributed by atoms with Gasteiger partial charge in [0.1, 0.15) is 0 Å².